The van der Waals surface area contributed by atoms with Crippen molar-refractivity contribution < 1.29 is 9.53 Å². The van der Waals surface area contributed by atoms with Crippen molar-refractivity contribution in [3.05, 3.63) is 54.4 Å². The zero-order valence-corrected chi connectivity index (χ0v) is 13.2. The lowest BCUT2D eigenvalue weighted by Gasteiger charge is -2.18. The molecule has 0 radical (unpaired) electrons. The molecule has 1 atom stereocenters. The Labute approximate surface area is 136 Å². The zero-order chi connectivity index (χ0) is 16.1. The van der Waals surface area contributed by atoms with Crippen molar-refractivity contribution in [3.8, 4) is 5.75 Å². The van der Waals surface area contributed by atoms with E-state index < -0.39 is 0 Å². The van der Waals surface area contributed by atoms with Crippen molar-refractivity contribution in [2.45, 2.75) is 19.4 Å². The number of benzene rings is 1. The van der Waals surface area contributed by atoms with Gasteiger partial charge in [0.2, 0.25) is 0 Å². The minimum Gasteiger partial charge on any atom is -0.494 e. The predicted octanol–water partition coefficient (Wildman–Crippen LogP) is 2.81. The molecule has 2 aromatic rings. The first-order valence-corrected chi connectivity index (χ1v) is 7.95. The molecule has 1 aromatic carbocycles. The maximum absolute atomic E-state index is 12.6. The average Bonchev–Trinajstić information content (AvgIpc) is 3.05. The second-order valence-electron chi connectivity index (χ2n) is 5.58. The monoisotopic (exact) mass is 311 g/mol. The number of rotatable bonds is 5. The number of likely N-dealkylation sites (tertiary alicyclic amines) is 1. The lowest BCUT2D eigenvalue weighted by molar-refractivity contribution is 0.0791. The molecule has 0 bridgehead atoms. The molecule has 5 nitrogen and oxygen atoms in total. The van der Waals surface area contributed by atoms with E-state index in [1.165, 1.54) is 0 Å². The summed E-state index contributed by atoms with van der Waals surface area (Å²) in [7, 11) is 0. The van der Waals surface area contributed by atoms with E-state index >= 15 is 0 Å². The SMILES string of the molecule is CCOc1ccc(C(=O)N2CCC(Nc3cccnc3)C2)cc1. The highest BCUT2D eigenvalue weighted by Crippen LogP contribution is 2.19. The highest BCUT2D eigenvalue weighted by Gasteiger charge is 2.26. The standard InChI is InChI=1S/C18H21N3O2/c1-2-23-17-7-5-14(6-8-17)18(22)21-11-9-16(13-21)20-15-4-3-10-19-12-15/h3-8,10,12,16,20H,2,9,11,13H2,1H3. The van der Waals surface area contributed by atoms with Gasteiger partial charge in [0.15, 0.2) is 0 Å². The number of amides is 1. The Kier molecular flexibility index (Phi) is 4.76. The van der Waals surface area contributed by atoms with Gasteiger partial charge in [0.25, 0.3) is 5.91 Å². The van der Waals surface area contributed by atoms with Gasteiger partial charge in [-0.1, -0.05) is 0 Å². The number of pyridine rings is 1. The molecule has 1 aromatic heterocycles. The third kappa shape index (κ3) is 3.80. The fraction of sp³-hybridized carbons (Fsp3) is 0.333. The molecule has 0 spiro atoms. The summed E-state index contributed by atoms with van der Waals surface area (Å²) in [4.78, 5) is 18.5. The number of aromatic nitrogens is 1. The van der Waals surface area contributed by atoms with Gasteiger partial charge in [0.1, 0.15) is 5.75 Å². The van der Waals surface area contributed by atoms with Gasteiger partial charge in [0.05, 0.1) is 12.3 Å². The van der Waals surface area contributed by atoms with Gasteiger partial charge in [0, 0.05) is 37.1 Å². The maximum atomic E-state index is 12.6. The summed E-state index contributed by atoms with van der Waals surface area (Å²) in [5.41, 5.74) is 1.70. The normalized spacial score (nSPS) is 17.1. The number of ether oxygens (including phenoxy) is 1. The molecule has 1 fully saturated rings. The summed E-state index contributed by atoms with van der Waals surface area (Å²) in [6.45, 7) is 4.05. The Morgan fingerprint density at radius 2 is 2.17 bits per heavy atom. The van der Waals surface area contributed by atoms with E-state index in [4.69, 9.17) is 4.74 Å². The van der Waals surface area contributed by atoms with Gasteiger partial charge in [-0.15, -0.1) is 0 Å². The van der Waals surface area contributed by atoms with Gasteiger partial charge in [-0.2, -0.15) is 0 Å². The van der Waals surface area contributed by atoms with Crippen LogP contribution in [-0.4, -0.2) is 41.5 Å². The highest BCUT2D eigenvalue weighted by molar-refractivity contribution is 5.94. The van der Waals surface area contributed by atoms with Crippen molar-refractivity contribution >= 4 is 11.6 Å². The van der Waals surface area contributed by atoms with Crippen LogP contribution in [0.4, 0.5) is 5.69 Å². The molecule has 3 rings (SSSR count). The van der Waals surface area contributed by atoms with Crippen molar-refractivity contribution in [3.63, 3.8) is 0 Å². The molecular formula is C18H21N3O2. The first kappa shape index (κ1) is 15.3. The molecule has 1 N–H and O–H groups in total. The van der Waals surface area contributed by atoms with Crippen molar-refractivity contribution in [2.75, 3.05) is 25.0 Å². The number of carbonyl (C=O) groups excluding carboxylic acids is 1. The average molecular weight is 311 g/mol. The topological polar surface area (TPSA) is 54.5 Å². The molecule has 120 valence electrons. The number of carbonyl (C=O) groups is 1. The Balaban J connectivity index is 1.58. The van der Waals surface area contributed by atoms with E-state index in [1.807, 2.05) is 48.2 Å². The Bertz CT molecular complexity index is 643. The number of nitrogens with one attached hydrogen (secondary N) is 1. The maximum Gasteiger partial charge on any atom is 0.253 e. The minimum absolute atomic E-state index is 0.0727. The number of hydrogen-bond acceptors (Lipinski definition) is 4. The minimum atomic E-state index is 0.0727. The summed E-state index contributed by atoms with van der Waals surface area (Å²) >= 11 is 0. The van der Waals surface area contributed by atoms with Gasteiger partial charge in [-0.25, -0.2) is 0 Å². The number of anilines is 1. The van der Waals surface area contributed by atoms with E-state index in [0.717, 1.165) is 24.4 Å². The van der Waals surface area contributed by atoms with E-state index in [9.17, 15) is 4.79 Å². The largest absolute Gasteiger partial charge is 0.494 e. The predicted molar refractivity (Wildman–Crippen MR) is 89.8 cm³/mol. The van der Waals surface area contributed by atoms with Crippen LogP contribution in [-0.2, 0) is 0 Å². The molecule has 1 saturated heterocycles. The number of hydrogen-bond donors (Lipinski definition) is 1. The zero-order valence-electron chi connectivity index (χ0n) is 13.2. The molecule has 1 aliphatic heterocycles. The molecule has 2 heterocycles. The van der Waals surface area contributed by atoms with Gasteiger partial charge in [-0.05, 0) is 49.7 Å². The molecule has 5 heteroatoms. The quantitative estimate of drug-likeness (QED) is 0.922. The molecule has 1 unspecified atom stereocenters. The van der Waals surface area contributed by atoms with Crippen LogP contribution in [0.1, 0.15) is 23.7 Å². The van der Waals surface area contributed by atoms with Crippen LogP contribution in [0.15, 0.2) is 48.8 Å². The Morgan fingerprint density at radius 1 is 1.35 bits per heavy atom. The lowest BCUT2D eigenvalue weighted by Crippen LogP contribution is -2.31. The summed E-state index contributed by atoms with van der Waals surface area (Å²) < 4.78 is 5.41. The van der Waals surface area contributed by atoms with Crippen LogP contribution in [0.3, 0.4) is 0 Å². The van der Waals surface area contributed by atoms with Crippen molar-refractivity contribution in [1.82, 2.24) is 9.88 Å². The Hall–Kier alpha value is -2.56. The third-order valence-electron chi connectivity index (χ3n) is 3.92. The summed E-state index contributed by atoms with van der Waals surface area (Å²) in [5, 5.41) is 3.43. The van der Waals surface area contributed by atoms with Crippen LogP contribution in [0.5, 0.6) is 5.75 Å². The van der Waals surface area contributed by atoms with E-state index in [-0.39, 0.29) is 11.9 Å². The first-order chi connectivity index (χ1) is 11.3. The molecule has 23 heavy (non-hydrogen) atoms. The fourth-order valence-corrected chi connectivity index (χ4v) is 2.79. The third-order valence-corrected chi connectivity index (χ3v) is 3.92. The smallest absolute Gasteiger partial charge is 0.253 e. The van der Waals surface area contributed by atoms with E-state index in [1.54, 1.807) is 12.4 Å². The van der Waals surface area contributed by atoms with Crippen molar-refractivity contribution in [2.24, 2.45) is 0 Å². The Morgan fingerprint density at radius 3 is 2.87 bits per heavy atom. The van der Waals surface area contributed by atoms with E-state index in [2.05, 4.69) is 10.3 Å². The first-order valence-electron chi connectivity index (χ1n) is 7.95. The summed E-state index contributed by atoms with van der Waals surface area (Å²) in [5.74, 6) is 0.866. The summed E-state index contributed by atoms with van der Waals surface area (Å²) in [6.07, 6.45) is 4.50. The molecule has 1 amide bonds. The van der Waals surface area contributed by atoms with Crippen LogP contribution in [0, 0.1) is 0 Å². The molecule has 0 aliphatic carbocycles. The van der Waals surface area contributed by atoms with E-state index in [0.29, 0.717) is 18.7 Å². The van der Waals surface area contributed by atoms with Crippen LogP contribution >= 0.6 is 0 Å². The van der Waals surface area contributed by atoms with Crippen LogP contribution in [0.2, 0.25) is 0 Å². The number of nitrogens with zero attached hydrogens (tertiary/aromatic N) is 2. The van der Waals surface area contributed by atoms with Crippen LogP contribution in [0.25, 0.3) is 0 Å². The molecule has 1 aliphatic rings. The van der Waals surface area contributed by atoms with Gasteiger partial charge in [-0.3, -0.25) is 9.78 Å². The highest BCUT2D eigenvalue weighted by atomic mass is 16.5. The fourth-order valence-electron chi connectivity index (χ4n) is 2.79. The van der Waals surface area contributed by atoms with Crippen molar-refractivity contribution in [1.29, 1.82) is 0 Å². The lowest BCUT2D eigenvalue weighted by atomic mass is 10.2. The molecule has 0 saturated carbocycles. The van der Waals surface area contributed by atoms with Gasteiger partial charge >= 0.3 is 0 Å². The second kappa shape index (κ2) is 7.13. The molecular weight excluding hydrogens is 290 g/mol. The van der Waals surface area contributed by atoms with Crippen LogP contribution < -0.4 is 10.1 Å². The second-order valence-corrected chi connectivity index (χ2v) is 5.58. The summed E-state index contributed by atoms with van der Waals surface area (Å²) in [6, 6.07) is 11.5. The van der Waals surface area contributed by atoms with Gasteiger partial charge < -0.3 is 15.0 Å².